The van der Waals surface area contributed by atoms with Crippen molar-refractivity contribution in [1.29, 1.82) is 0 Å². The van der Waals surface area contributed by atoms with Crippen molar-refractivity contribution in [2.45, 2.75) is 11.4 Å². The maximum absolute atomic E-state index is 11.1. The van der Waals surface area contributed by atoms with Gasteiger partial charge in [0.2, 0.25) is 5.91 Å². The molecule has 1 amide bonds. The topological polar surface area (TPSA) is 68.0 Å². The van der Waals surface area contributed by atoms with Crippen molar-refractivity contribution < 1.29 is 4.79 Å². The van der Waals surface area contributed by atoms with Crippen LogP contribution in [0.3, 0.4) is 0 Å². The summed E-state index contributed by atoms with van der Waals surface area (Å²) in [7, 11) is 0. The molecule has 0 aliphatic carbocycles. The molecule has 1 aliphatic rings. The van der Waals surface area contributed by atoms with E-state index in [1.807, 2.05) is 6.07 Å². The number of aromatic nitrogens is 1. The van der Waals surface area contributed by atoms with Gasteiger partial charge in [-0.15, -0.1) is 11.8 Å². The van der Waals surface area contributed by atoms with Crippen LogP contribution in [0.5, 0.6) is 0 Å². The second-order valence-corrected chi connectivity index (χ2v) is 4.68. The second-order valence-electron chi connectivity index (χ2n) is 2.80. The molecule has 0 bridgehead atoms. The summed E-state index contributed by atoms with van der Waals surface area (Å²) in [4.78, 5) is 16.3. The second kappa shape index (κ2) is 3.88. The number of carbonyl (C=O) groups is 1. The molecule has 0 radical (unpaired) electrons. The van der Waals surface area contributed by atoms with Gasteiger partial charge in [-0.05, 0) is 22.0 Å². The summed E-state index contributed by atoms with van der Waals surface area (Å²) in [6.45, 7) is 0.356. The molecule has 3 N–H and O–H groups in total. The Morgan fingerprint density at radius 3 is 3.21 bits per heavy atom. The highest BCUT2D eigenvalue weighted by Crippen LogP contribution is 2.33. The lowest BCUT2D eigenvalue weighted by Crippen LogP contribution is -2.20. The van der Waals surface area contributed by atoms with Crippen LogP contribution >= 0.6 is 27.7 Å². The van der Waals surface area contributed by atoms with E-state index in [0.717, 1.165) is 15.1 Å². The number of nitrogens with one attached hydrogen (secondary N) is 1. The van der Waals surface area contributed by atoms with Crippen LogP contribution in [-0.2, 0) is 11.3 Å². The fourth-order valence-corrected chi connectivity index (χ4v) is 2.59. The van der Waals surface area contributed by atoms with Gasteiger partial charge in [-0.3, -0.25) is 4.79 Å². The maximum atomic E-state index is 11.1. The highest BCUT2D eigenvalue weighted by atomic mass is 79.9. The third-order valence-electron chi connectivity index (χ3n) is 1.82. The quantitative estimate of drug-likeness (QED) is 0.811. The number of carbonyl (C=O) groups excluding carboxylic acids is 1. The van der Waals surface area contributed by atoms with Crippen molar-refractivity contribution in [2.75, 3.05) is 11.1 Å². The number of rotatable bonds is 1. The Bertz CT molecular complexity index is 396. The number of nitrogens with two attached hydrogens (primary N) is 1. The SMILES string of the molecule is NCc1nc2c(cc1Br)SCC(=O)N2. The van der Waals surface area contributed by atoms with E-state index in [2.05, 4.69) is 26.2 Å². The van der Waals surface area contributed by atoms with Gasteiger partial charge in [-0.2, -0.15) is 0 Å². The lowest BCUT2D eigenvalue weighted by molar-refractivity contribution is -0.113. The van der Waals surface area contributed by atoms with E-state index in [1.165, 1.54) is 11.8 Å². The normalized spacial score (nSPS) is 14.9. The van der Waals surface area contributed by atoms with Crippen LogP contribution in [0.15, 0.2) is 15.4 Å². The fourth-order valence-electron chi connectivity index (χ4n) is 1.16. The Kier molecular flexibility index (Phi) is 2.76. The molecule has 14 heavy (non-hydrogen) atoms. The molecular weight excluding hydrogens is 266 g/mol. The van der Waals surface area contributed by atoms with Crippen LogP contribution < -0.4 is 11.1 Å². The number of hydrogen-bond donors (Lipinski definition) is 2. The Morgan fingerprint density at radius 1 is 1.71 bits per heavy atom. The Morgan fingerprint density at radius 2 is 2.50 bits per heavy atom. The number of pyridine rings is 1. The Labute approximate surface area is 93.8 Å². The van der Waals surface area contributed by atoms with Gasteiger partial charge in [0.25, 0.3) is 0 Å². The predicted octanol–water partition coefficient (Wildman–Crippen LogP) is 1.35. The van der Waals surface area contributed by atoms with Crippen molar-refractivity contribution in [1.82, 2.24) is 4.98 Å². The van der Waals surface area contributed by atoms with E-state index in [4.69, 9.17) is 5.73 Å². The van der Waals surface area contributed by atoms with Crippen LogP contribution in [0, 0.1) is 0 Å². The average Bonchev–Trinajstić information content (AvgIpc) is 2.17. The first-order chi connectivity index (χ1) is 6.70. The predicted molar refractivity (Wildman–Crippen MR) is 59.2 cm³/mol. The molecule has 4 nitrogen and oxygen atoms in total. The standard InChI is InChI=1S/C8H8BrN3OS/c9-4-1-6-8(11-5(4)2-10)12-7(13)3-14-6/h1H,2-3,10H2,(H,11,12,13). The number of halogens is 1. The Balaban J connectivity index is 2.46. The number of anilines is 1. The summed E-state index contributed by atoms with van der Waals surface area (Å²) in [5, 5.41) is 2.71. The molecule has 1 aliphatic heterocycles. The van der Waals surface area contributed by atoms with Gasteiger partial charge in [0, 0.05) is 11.0 Å². The zero-order valence-corrected chi connectivity index (χ0v) is 9.61. The van der Waals surface area contributed by atoms with E-state index in [-0.39, 0.29) is 5.91 Å². The average molecular weight is 274 g/mol. The molecule has 74 valence electrons. The van der Waals surface area contributed by atoms with Crippen molar-refractivity contribution in [3.05, 3.63) is 16.2 Å². The van der Waals surface area contributed by atoms with Crippen molar-refractivity contribution in [3.63, 3.8) is 0 Å². The highest BCUT2D eigenvalue weighted by molar-refractivity contribution is 9.10. The minimum Gasteiger partial charge on any atom is -0.325 e. The zero-order valence-electron chi connectivity index (χ0n) is 7.21. The molecule has 1 aromatic rings. The van der Waals surface area contributed by atoms with Gasteiger partial charge in [0.05, 0.1) is 16.3 Å². The summed E-state index contributed by atoms with van der Waals surface area (Å²) < 4.78 is 0.891. The molecule has 0 aromatic carbocycles. The first kappa shape index (κ1) is 9.95. The zero-order chi connectivity index (χ0) is 10.1. The van der Waals surface area contributed by atoms with Crippen molar-refractivity contribution in [3.8, 4) is 0 Å². The summed E-state index contributed by atoms with van der Waals surface area (Å²) in [5.41, 5.74) is 6.26. The highest BCUT2D eigenvalue weighted by Gasteiger charge is 2.18. The van der Waals surface area contributed by atoms with Crippen LogP contribution in [0.25, 0.3) is 0 Å². The summed E-state index contributed by atoms with van der Waals surface area (Å²) >= 11 is 4.87. The number of hydrogen-bond acceptors (Lipinski definition) is 4. The summed E-state index contributed by atoms with van der Waals surface area (Å²) in [5.74, 6) is 1.05. The van der Waals surface area contributed by atoms with Gasteiger partial charge in [-0.25, -0.2) is 4.98 Å². The molecule has 0 saturated heterocycles. The molecular formula is C8H8BrN3OS. The molecule has 0 unspecified atom stereocenters. The van der Waals surface area contributed by atoms with E-state index >= 15 is 0 Å². The number of nitrogens with zero attached hydrogens (tertiary/aromatic N) is 1. The van der Waals surface area contributed by atoms with Gasteiger partial charge >= 0.3 is 0 Å². The maximum Gasteiger partial charge on any atom is 0.235 e. The van der Waals surface area contributed by atoms with Gasteiger partial charge in [0.15, 0.2) is 0 Å². The number of amides is 1. The molecule has 2 heterocycles. The lowest BCUT2D eigenvalue weighted by Gasteiger charge is -2.16. The van der Waals surface area contributed by atoms with Gasteiger partial charge in [0.1, 0.15) is 5.82 Å². The smallest absolute Gasteiger partial charge is 0.235 e. The lowest BCUT2D eigenvalue weighted by atomic mass is 10.3. The van der Waals surface area contributed by atoms with Gasteiger partial charge < -0.3 is 11.1 Å². The summed E-state index contributed by atoms with van der Waals surface area (Å²) in [6.07, 6.45) is 0. The number of fused-ring (bicyclic) bond motifs is 1. The van der Waals surface area contributed by atoms with E-state index < -0.39 is 0 Å². The summed E-state index contributed by atoms with van der Waals surface area (Å²) in [6, 6.07) is 1.94. The molecule has 2 rings (SSSR count). The van der Waals surface area contributed by atoms with Crippen LogP contribution in [0.1, 0.15) is 5.69 Å². The van der Waals surface area contributed by atoms with Crippen LogP contribution in [-0.4, -0.2) is 16.6 Å². The molecule has 0 saturated carbocycles. The molecule has 0 atom stereocenters. The first-order valence-corrected chi connectivity index (χ1v) is 5.80. The van der Waals surface area contributed by atoms with E-state index in [0.29, 0.717) is 18.1 Å². The van der Waals surface area contributed by atoms with Crippen molar-refractivity contribution in [2.24, 2.45) is 5.73 Å². The van der Waals surface area contributed by atoms with Crippen LogP contribution in [0.4, 0.5) is 5.82 Å². The largest absolute Gasteiger partial charge is 0.325 e. The minimum atomic E-state index is -0.0136. The van der Waals surface area contributed by atoms with Gasteiger partial charge in [-0.1, -0.05) is 0 Å². The van der Waals surface area contributed by atoms with Crippen molar-refractivity contribution >= 4 is 39.4 Å². The van der Waals surface area contributed by atoms with E-state index in [1.54, 1.807) is 0 Å². The number of thioether (sulfide) groups is 1. The molecule has 0 fully saturated rings. The first-order valence-electron chi connectivity index (χ1n) is 4.03. The fraction of sp³-hybridized carbons (Fsp3) is 0.250. The molecule has 0 spiro atoms. The molecule has 6 heteroatoms. The Hall–Kier alpha value is -0.590. The minimum absolute atomic E-state index is 0.0136. The molecule has 1 aromatic heterocycles. The third kappa shape index (κ3) is 1.77. The monoisotopic (exact) mass is 273 g/mol. The van der Waals surface area contributed by atoms with Crippen LogP contribution in [0.2, 0.25) is 0 Å². The van der Waals surface area contributed by atoms with E-state index in [9.17, 15) is 4.79 Å². The third-order valence-corrected chi connectivity index (χ3v) is 3.54.